The number of hydrogen-bond donors (Lipinski definition) is 1. The molecule has 1 aliphatic heterocycles. The average Bonchev–Trinajstić information content (AvgIpc) is 2.59. The molecule has 0 bridgehead atoms. The van der Waals surface area contributed by atoms with Crippen molar-refractivity contribution in [1.82, 2.24) is 9.47 Å². The zero-order chi connectivity index (χ0) is 19.9. The number of allylic oxidation sites excluding steroid dienone is 4. The van der Waals surface area contributed by atoms with Gasteiger partial charge in [-0.15, -0.1) is 0 Å². The molecule has 0 saturated carbocycles. The van der Waals surface area contributed by atoms with Crippen molar-refractivity contribution in [2.24, 2.45) is 5.41 Å². The zero-order valence-corrected chi connectivity index (χ0v) is 16.4. The van der Waals surface area contributed by atoms with E-state index in [1.165, 1.54) is 12.3 Å². The molecule has 6 nitrogen and oxygen atoms in total. The predicted octanol–water partition coefficient (Wildman–Crippen LogP) is 3.28. The van der Waals surface area contributed by atoms with Crippen LogP contribution in [0.25, 0.3) is 5.70 Å². The van der Waals surface area contributed by atoms with Crippen molar-refractivity contribution in [2.45, 2.75) is 33.2 Å². The predicted molar refractivity (Wildman–Crippen MR) is 105 cm³/mol. The smallest absolute Gasteiger partial charge is 0.341 e. The van der Waals surface area contributed by atoms with E-state index in [4.69, 9.17) is 4.74 Å². The number of aromatic carboxylic acids is 1. The van der Waals surface area contributed by atoms with Gasteiger partial charge in [0.2, 0.25) is 0 Å². The lowest BCUT2D eigenvalue weighted by atomic mass is 9.83. The summed E-state index contributed by atoms with van der Waals surface area (Å²) in [6.45, 7) is 7.09. The molecule has 3 rings (SSSR count). The Balaban J connectivity index is 2.27. The number of nitrogens with zero attached hydrogens (tertiary/aromatic N) is 2. The van der Waals surface area contributed by atoms with Crippen LogP contribution in [0.15, 0.2) is 46.6 Å². The summed E-state index contributed by atoms with van der Waals surface area (Å²) in [5, 5.41) is 9.42. The van der Waals surface area contributed by atoms with Crippen molar-refractivity contribution in [2.75, 3.05) is 20.7 Å². The minimum Gasteiger partial charge on any atom is -0.501 e. The molecule has 1 atom stereocenters. The molecule has 2 aliphatic rings. The number of aromatic nitrogens is 1. The number of likely N-dealkylation sites (N-methyl/N-ethyl adjacent to an activating group) is 1. The largest absolute Gasteiger partial charge is 0.501 e. The van der Waals surface area contributed by atoms with Gasteiger partial charge in [0.1, 0.15) is 5.56 Å². The molecule has 0 spiro atoms. The maximum Gasteiger partial charge on any atom is 0.341 e. The Labute approximate surface area is 159 Å². The maximum absolute atomic E-state index is 12.5. The molecule has 1 N–H and O–H groups in total. The molecule has 0 saturated heterocycles. The molecule has 6 heteroatoms. The van der Waals surface area contributed by atoms with E-state index in [0.717, 1.165) is 29.3 Å². The van der Waals surface area contributed by atoms with Crippen molar-refractivity contribution in [1.29, 1.82) is 0 Å². The van der Waals surface area contributed by atoms with Gasteiger partial charge >= 0.3 is 5.97 Å². The van der Waals surface area contributed by atoms with Crippen LogP contribution < -0.4 is 5.43 Å². The fraction of sp³-hybridized carbons (Fsp3) is 0.429. The maximum atomic E-state index is 12.5. The first-order valence-corrected chi connectivity index (χ1v) is 8.99. The Kier molecular flexibility index (Phi) is 4.76. The van der Waals surface area contributed by atoms with E-state index in [1.54, 1.807) is 7.11 Å². The fourth-order valence-corrected chi connectivity index (χ4v) is 3.77. The summed E-state index contributed by atoms with van der Waals surface area (Å²) in [5.74, 6) is -0.347. The van der Waals surface area contributed by atoms with E-state index in [9.17, 15) is 14.7 Å². The van der Waals surface area contributed by atoms with Gasteiger partial charge in [-0.1, -0.05) is 32.9 Å². The molecule has 144 valence electrons. The highest BCUT2D eigenvalue weighted by atomic mass is 16.5. The summed E-state index contributed by atoms with van der Waals surface area (Å²) in [6, 6.07) is 1.49. The molecule has 1 unspecified atom stereocenters. The molecule has 2 heterocycles. The van der Waals surface area contributed by atoms with E-state index in [-0.39, 0.29) is 17.0 Å². The van der Waals surface area contributed by atoms with Gasteiger partial charge in [0.05, 0.1) is 30.3 Å². The number of fused-ring (bicyclic) bond motifs is 1. The molecule has 0 radical (unpaired) electrons. The second-order valence-corrected chi connectivity index (χ2v) is 8.16. The van der Waals surface area contributed by atoms with Gasteiger partial charge < -0.3 is 19.3 Å². The molecule has 1 aliphatic carbocycles. The first kappa shape index (κ1) is 19.0. The van der Waals surface area contributed by atoms with Crippen molar-refractivity contribution in [3.63, 3.8) is 0 Å². The summed E-state index contributed by atoms with van der Waals surface area (Å²) in [7, 11) is 3.66. The summed E-state index contributed by atoms with van der Waals surface area (Å²) in [4.78, 5) is 26.1. The molecule has 1 aromatic rings. The van der Waals surface area contributed by atoms with Gasteiger partial charge in [-0.25, -0.2) is 4.79 Å². The van der Waals surface area contributed by atoms with Crippen LogP contribution in [0.2, 0.25) is 0 Å². The van der Waals surface area contributed by atoms with Gasteiger partial charge in [0.25, 0.3) is 0 Å². The van der Waals surface area contributed by atoms with E-state index >= 15 is 0 Å². The van der Waals surface area contributed by atoms with Crippen molar-refractivity contribution in [3.8, 4) is 0 Å². The molecular formula is C21H26N2O4. The minimum absolute atomic E-state index is 0.0329. The third kappa shape index (κ3) is 3.44. The van der Waals surface area contributed by atoms with Crippen LogP contribution in [0.5, 0.6) is 0 Å². The second-order valence-electron chi connectivity index (χ2n) is 8.16. The van der Waals surface area contributed by atoms with Crippen LogP contribution >= 0.6 is 0 Å². The molecule has 0 fully saturated rings. The lowest BCUT2D eigenvalue weighted by Crippen LogP contribution is -2.42. The van der Waals surface area contributed by atoms with Crippen LogP contribution in [-0.4, -0.2) is 41.2 Å². The molecule has 1 aromatic heterocycles. The number of carboxylic acid groups (broad SMARTS) is 1. The SMILES string of the molecule is COC1=CC=C/C(=C2\c3cc(=O)c(C(=O)O)cn3C(C(C)(C)C)CN2C)C1. The topological polar surface area (TPSA) is 71.8 Å². The van der Waals surface area contributed by atoms with Gasteiger partial charge in [0, 0.05) is 32.3 Å². The van der Waals surface area contributed by atoms with E-state index in [0.29, 0.717) is 6.42 Å². The van der Waals surface area contributed by atoms with E-state index in [1.807, 2.05) is 29.8 Å². The molecule has 27 heavy (non-hydrogen) atoms. The second kappa shape index (κ2) is 6.76. The first-order valence-electron chi connectivity index (χ1n) is 8.99. The number of carboxylic acids is 1. The molecule has 0 aromatic carbocycles. The Hall–Kier alpha value is -2.76. The Morgan fingerprint density at radius 1 is 1.33 bits per heavy atom. The summed E-state index contributed by atoms with van der Waals surface area (Å²) in [6.07, 6.45) is 8.00. The van der Waals surface area contributed by atoms with E-state index < -0.39 is 11.4 Å². The fourth-order valence-electron chi connectivity index (χ4n) is 3.77. The van der Waals surface area contributed by atoms with Crippen LogP contribution in [0.3, 0.4) is 0 Å². The van der Waals surface area contributed by atoms with Crippen LogP contribution in [0.1, 0.15) is 49.3 Å². The van der Waals surface area contributed by atoms with Gasteiger partial charge in [-0.2, -0.15) is 0 Å². The lowest BCUT2D eigenvalue weighted by molar-refractivity contribution is 0.0693. The molecule has 0 amide bonds. The van der Waals surface area contributed by atoms with Crippen LogP contribution in [-0.2, 0) is 4.74 Å². The van der Waals surface area contributed by atoms with Crippen LogP contribution in [0.4, 0.5) is 0 Å². The highest BCUT2D eigenvalue weighted by Crippen LogP contribution is 2.40. The highest BCUT2D eigenvalue weighted by Gasteiger charge is 2.35. The summed E-state index contributed by atoms with van der Waals surface area (Å²) in [5.41, 5.74) is 1.94. The quantitative estimate of drug-likeness (QED) is 0.865. The van der Waals surface area contributed by atoms with E-state index in [2.05, 4.69) is 25.7 Å². The van der Waals surface area contributed by atoms with Gasteiger partial charge in [-0.3, -0.25) is 4.79 Å². The summed E-state index contributed by atoms with van der Waals surface area (Å²) >= 11 is 0. The number of pyridine rings is 1. The van der Waals surface area contributed by atoms with Crippen LogP contribution in [0, 0.1) is 5.41 Å². The Morgan fingerprint density at radius 3 is 2.63 bits per heavy atom. The Morgan fingerprint density at radius 2 is 2.04 bits per heavy atom. The monoisotopic (exact) mass is 370 g/mol. The van der Waals surface area contributed by atoms with Crippen molar-refractivity contribution >= 4 is 11.7 Å². The lowest BCUT2D eigenvalue weighted by Gasteiger charge is -2.44. The third-order valence-corrected chi connectivity index (χ3v) is 5.23. The average molecular weight is 370 g/mol. The number of carbonyl (C=O) groups is 1. The van der Waals surface area contributed by atoms with Crippen molar-refractivity contribution in [3.05, 3.63) is 63.3 Å². The minimum atomic E-state index is -1.20. The van der Waals surface area contributed by atoms with Crippen molar-refractivity contribution < 1.29 is 14.6 Å². The number of ether oxygens (including phenoxy) is 1. The zero-order valence-electron chi connectivity index (χ0n) is 16.4. The number of hydrogen-bond acceptors (Lipinski definition) is 4. The third-order valence-electron chi connectivity index (χ3n) is 5.23. The normalized spacial score (nSPS) is 22.3. The van der Waals surface area contributed by atoms with Gasteiger partial charge in [-0.05, 0) is 17.1 Å². The highest BCUT2D eigenvalue weighted by molar-refractivity contribution is 5.87. The number of methoxy groups -OCH3 is 1. The molecular weight excluding hydrogens is 344 g/mol. The first-order chi connectivity index (χ1) is 12.6. The Bertz CT molecular complexity index is 928. The standard InChI is InChI=1S/C21H26N2O4/c1-21(2,3)18-12-22(4)19(13-7-6-8-14(9-13)27-5)16-10-17(24)15(20(25)26)11-23(16)18/h6-8,10-11,18H,9,12H2,1-5H3,(H,25,26)/b19-13-. The van der Waals surface area contributed by atoms with Gasteiger partial charge in [0.15, 0.2) is 5.43 Å². The summed E-state index contributed by atoms with van der Waals surface area (Å²) < 4.78 is 7.36. The number of rotatable bonds is 2.